The molecule has 7 heteroatoms. The summed E-state index contributed by atoms with van der Waals surface area (Å²) in [4.78, 5) is 42.3. The van der Waals surface area contributed by atoms with E-state index in [1.807, 2.05) is 6.92 Å². The summed E-state index contributed by atoms with van der Waals surface area (Å²) in [5.74, 6) is 1.42. The van der Waals surface area contributed by atoms with E-state index >= 15 is 0 Å². The molecule has 2 aliphatic rings. The van der Waals surface area contributed by atoms with Gasteiger partial charge in [0, 0.05) is 17.4 Å². The molecule has 0 saturated carbocycles. The van der Waals surface area contributed by atoms with E-state index in [2.05, 4.69) is 85.9 Å². The van der Waals surface area contributed by atoms with Crippen molar-refractivity contribution in [2.45, 2.75) is 105 Å². The fourth-order valence-corrected chi connectivity index (χ4v) is 6.84. The summed E-state index contributed by atoms with van der Waals surface area (Å²) in [6.07, 6.45) is 18.3. The Balaban J connectivity index is 1.63. The summed E-state index contributed by atoms with van der Waals surface area (Å²) in [6, 6.07) is 6.48. The minimum atomic E-state index is -0.0197. The van der Waals surface area contributed by atoms with E-state index in [-0.39, 0.29) is 17.9 Å². The summed E-state index contributed by atoms with van der Waals surface area (Å²) in [5.41, 5.74) is 7.51. The first-order valence-electron chi connectivity index (χ1n) is 17.6. The number of unbranched alkanes of at least 4 members (excludes halogenated alkanes) is 2. The largest absolute Gasteiger partial charge is 0.480 e. The van der Waals surface area contributed by atoms with Gasteiger partial charge in [0.05, 0.1) is 42.6 Å². The molecule has 47 heavy (non-hydrogen) atoms. The molecule has 7 nitrogen and oxygen atoms in total. The lowest BCUT2D eigenvalue weighted by Crippen LogP contribution is -2.45. The number of methoxy groups -OCH3 is 1. The number of likely N-dealkylation sites (tertiary alicyclic amines) is 1. The van der Waals surface area contributed by atoms with Crippen molar-refractivity contribution in [3.8, 4) is 5.88 Å². The number of Topliss-reactive ketones (excluding diaryl/α,β-unsaturated/α-hetero) is 1. The van der Waals surface area contributed by atoms with Gasteiger partial charge in [-0.1, -0.05) is 58.8 Å². The summed E-state index contributed by atoms with van der Waals surface area (Å²) in [6.45, 7) is 14.6. The quantitative estimate of drug-likeness (QED) is 0.152. The smallest absolute Gasteiger partial charge is 0.232 e. The van der Waals surface area contributed by atoms with Crippen molar-refractivity contribution in [1.82, 2.24) is 14.9 Å². The van der Waals surface area contributed by atoms with Crippen LogP contribution in [-0.4, -0.2) is 58.9 Å². The van der Waals surface area contributed by atoms with E-state index in [1.165, 1.54) is 11.1 Å². The van der Waals surface area contributed by atoms with Crippen LogP contribution in [-0.2, 0) is 9.59 Å². The van der Waals surface area contributed by atoms with Gasteiger partial charge in [-0.2, -0.15) is 0 Å². The number of aromatic nitrogens is 2. The predicted molar refractivity (Wildman–Crippen MR) is 192 cm³/mol. The second kappa shape index (κ2) is 17.4. The van der Waals surface area contributed by atoms with Gasteiger partial charge in [-0.3, -0.25) is 24.5 Å². The van der Waals surface area contributed by atoms with Gasteiger partial charge in [0.15, 0.2) is 12.1 Å². The van der Waals surface area contributed by atoms with Gasteiger partial charge in [0.25, 0.3) is 0 Å². The Morgan fingerprint density at radius 3 is 2.55 bits per heavy atom. The van der Waals surface area contributed by atoms with Crippen LogP contribution >= 0.6 is 0 Å². The van der Waals surface area contributed by atoms with E-state index in [0.29, 0.717) is 29.6 Å². The average molecular weight is 639 g/mol. The molecule has 0 N–H and O–H groups in total. The number of benzene rings is 1. The number of aldehydes is 1. The Kier molecular flexibility index (Phi) is 13.4. The van der Waals surface area contributed by atoms with Crippen LogP contribution in [0.15, 0.2) is 65.0 Å². The number of nitrogens with zero attached hydrogens (tertiary/aromatic N) is 4. The van der Waals surface area contributed by atoms with E-state index in [1.54, 1.807) is 19.5 Å². The van der Waals surface area contributed by atoms with Crippen LogP contribution in [0.1, 0.15) is 109 Å². The standard InChI is InChI=1S/C40H54N4O3/c1-8-11-12-13-14-32-23-33(37-24-41-25-38(43-37)47-7)22-30(10-3)39(36(32)26-45)42-34-15-16-35(28(5)21-34)31-17-19-44(20-18-31)29(6)40(46)27(4)9-2/h13-16,21,23-27,29-31H,8-12,17-20,22H2,1-7H3. The molecule has 4 rings (SSSR count). The van der Waals surface area contributed by atoms with Gasteiger partial charge in [0.2, 0.25) is 5.88 Å². The summed E-state index contributed by atoms with van der Waals surface area (Å²) in [7, 11) is 1.59. The zero-order valence-electron chi connectivity index (χ0n) is 29.6. The van der Waals surface area contributed by atoms with Crippen molar-refractivity contribution in [2.24, 2.45) is 16.8 Å². The zero-order chi connectivity index (χ0) is 33.9. The molecular formula is C40H54N4O3. The molecule has 0 amide bonds. The Morgan fingerprint density at radius 1 is 1.15 bits per heavy atom. The third-order valence-electron chi connectivity index (χ3n) is 10.1. The second-order valence-electron chi connectivity index (χ2n) is 13.2. The number of hydrogen-bond acceptors (Lipinski definition) is 7. The molecule has 1 saturated heterocycles. The highest BCUT2D eigenvalue weighted by molar-refractivity contribution is 6.19. The van der Waals surface area contributed by atoms with Crippen molar-refractivity contribution in [1.29, 1.82) is 0 Å². The second-order valence-corrected chi connectivity index (χ2v) is 13.2. The van der Waals surface area contributed by atoms with Crippen LogP contribution in [0.4, 0.5) is 5.69 Å². The van der Waals surface area contributed by atoms with Gasteiger partial charge in [-0.05, 0) is 112 Å². The van der Waals surface area contributed by atoms with Crippen molar-refractivity contribution in [2.75, 3.05) is 20.2 Å². The number of piperidine rings is 1. The van der Waals surface area contributed by atoms with Crippen LogP contribution in [0, 0.1) is 18.8 Å². The minimum Gasteiger partial charge on any atom is -0.480 e. The topological polar surface area (TPSA) is 84.8 Å². The number of rotatable bonds is 14. The van der Waals surface area contributed by atoms with Crippen molar-refractivity contribution >= 4 is 29.0 Å². The molecule has 1 aromatic heterocycles. The van der Waals surface area contributed by atoms with Crippen LogP contribution < -0.4 is 4.74 Å². The number of allylic oxidation sites excluding steroid dienone is 6. The normalized spacial score (nSPS) is 20.3. The Labute approximate surface area is 282 Å². The lowest BCUT2D eigenvalue weighted by Gasteiger charge is -2.36. The molecule has 0 spiro atoms. The Morgan fingerprint density at radius 2 is 1.91 bits per heavy atom. The molecule has 1 aliphatic carbocycles. The van der Waals surface area contributed by atoms with E-state index in [0.717, 1.165) is 92.6 Å². The molecule has 1 aromatic carbocycles. The predicted octanol–water partition coefficient (Wildman–Crippen LogP) is 8.80. The van der Waals surface area contributed by atoms with Gasteiger partial charge in [-0.15, -0.1) is 0 Å². The van der Waals surface area contributed by atoms with Crippen molar-refractivity contribution in [3.05, 3.63) is 76.8 Å². The molecule has 2 aromatic rings. The summed E-state index contributed by atoms with van der Waals surface area (Å²) in [5, 5.41) is 0. The Hall–Kier alpha value is -3.71. The first kappa shape index (κ1) is 36.1. The summed E-state index contributed by atoms with van der Waals surface area (Å²) < 4.78 is 5.37. The fourth-order valence-electron chi connectivity index (χ4n) is 6.84. The maximum atomic E-state index is 12.8. The fraction of sp³-hybridized carbons (Fsp3) is 0.525. The van der Waals surface area contributed by atoms with Gasteiger partial charge in [-0.25, -0.2) is 4.98 Å². The maximum Gasteiger partial charge on any atom is 0.232 e. The van der Waals surface area contributed by atoms with E-state index < -0.39 is 0 Å². The monoisotopic (exact) mass is 638 g/mol. The molecular weight excluding hydrogens is 584 g/mol. The molecule has 0 bridgehead atoms. The third kappa shape index (κ3) is 9.01. The van der Waals surface area contributed by atoms with Crippen molar-refractivity contribution < 1.29 is 14.3 Å². The van der Waals surface area contributed by atoms with Crippen LogP contribution in [0.3, 0.4) is 0 Å². The molecule has 1 fully saturated rings. The molecule has 1 aliphatic heterocycles. The van der Waals surface area contributed by atoms with Crippen molar-refractivity contribution in [3.63, 3.8) is 0 Å². The molecule has 3 unspecified atom stereocenters. The molecule has 3 atom stereocenters. The molecule has 252 valence electrons. The third-order valence-corrected chi connectivity index (χ3v) is 10.1. The molecule has 0 radical (unpaired) electrons. The van der Waals surface area contributed by atoms with Crippen LogP contribution in [0.2, 0.25) is 0 Å². The number of aryl methyl sites for hydroxylation is 1. The van der Waals surface area contributed by atoms with E-state index in [4.69, 9.17) is 9.73 Å². The lowest BCUT2D eigenvalue weighted by molar-refractivity contribution is -0.127. The first-order valence-corrected chi connectivity index (χ1v) is 17.6. The Bertz CT molecular complexity index is 1510. The number of ketones is 1. The number of ether oxygens (including phenoxy) is 1. The van der Waals surface area contributed by atoms with Gasteiger partial charge in [0.1, 0.15) is 0 Å². The van der Waals surface area contributed by atoms with Crippen LogP contribution in [0.5, 0.6) is 5.88 Å². The lowest BCUT2D eigenvalue weighted by atomic mass is 9.85. The van der Waals surface area contributed by atoms with E-state index in [9.17, 15) is 9.59 Å². The highest BCUT2D eigenvalue weighted by Gasteiger charge is 2.30. The SMILES string of the molecule is CCCCC=CC1=C(C=O)C(=Nc2ccc(C3CCN(C(C)C(=O)C(C)CC)CC3)c(C)c2)C(CC)CC(c2cncc(OC)n2)=C1. The number of carbonyl (C=O) groups excluding carboxylic acids is 2. The number of aliphatic imine (C=N–C) groups is 1. The zero-order valence-corrected chi connectivity index (χ0v) is 29.6. The number of hydrogen-bond donors (Lipinski definition) is 0. The highest BCUT2D eigenvalue weighted by Crippen LogP contribution is 2.36. The molecule has 2 heterocycles. The highest BCUT2D eigenvalue weighted by atomic mass is 16.5. The van der Waals surface area contributed by atoms with Gasteiger partial charge >= 0.3 is 0 Å². The first-order chi connectivity index (χ1) is 22.7. The number of carbonyl (C=O) groups is 2. The maximum absolute atomic E-state index is 12.8. The average Bonchev–Trinajstić information content (AvgIpc) is 3.25. The van der Waals surface area contributed by atoms with Crippen LogP contribution in [0.25, 0.3) is 5.57 Å². The minimum absolute atomic E-state index is 0.0197. The van der Waals surface area contributed by atoms with Gasteiger partial charge < -0.3 is 4.74 Å². The summed E-state index contributed by atoms with van der Waals surface area (Å²) >= 11 is 0.